The summed E-state index contributed by atoms with van der Waals surface area (Å²) < 4.78 is 6.90. The van der Waals surface area contributed by atoms with Crippen molar-refractivity contribution in [1.29, 1.82) is 0 Å². The summed E-state index contributed by atoms with van der Waals surface area (Å²) in [5.41, 5.74) is 0.812. The van der Waals surface area contributed by atoms with Gasteiger partial charge in [0.2, 0.25) is 11.7 Å². The molecule has 2 aromatic heterocycles. The molecule has 0 fully saturated rings. The van der Waals surface area contributed by atoms with Crippen LogP contribution < -0.4 is 0 Å². The van der Waals surface area contributed by atoms with Gasteiger partial charge in [-0.1, -0.05) is 5.16 Å². The van der Waals surface area contributed by atoms with Crippen molar-refractivity contribution in [1.82, 2.24) is 19.7 Å². The Labute approximate surface area is 92.9 Å². The Balaban J connectivity index is 2.11. The predicted molar refractivity (Wildman–Crippen MR) is 56.5 cm³/mol. The van der Waals surface area contributed by atoms with Gasteiger partial charge in [-0.3, -0.25) is 0 Å². The van der Waals surface area contributed by atoms with Crippen molar-refractivity contribution in [3.8, 4) is 11.5 Å². The predicted octanol–water partition coefficient (Wildman–Crippen LogP) is 0.783. The SMILES string of the molecule is CC(O)CCc1nc(-c2cncn2C)no1. The quantitative estimate of drug-likeness (QED) is 0.827. The maximum atomic E-state index is 9.14. The minimum absolute atomic E-state index is 0.355. The van der Waals surface area contributed by atoms with Crippen LogP contribution >= 0.6 is 0 Å². The molecule has 0 aliphatic rings. The summed E-state index contributed by atoms with van der Waals surface area (Å²) in [6.45, 7) is 1.73. The third-order valence-electron chi connectivity index (χ3n) is 2.29. The van der Waals surface area contributed by atoms with Crippen molar-refractivity contribution < 1.29 is 9.63 Å². The van der Waals surface area contributed by atoms with Gasteiger partial charge in [0.05, 0.1) is 18.6 Å². The molecule has 0 amide bonds. The second-order valence-corrected chi connectivity index (χ2v) is 3.79. The zero-order valence-electron chi connectivity index (χ0n) is 9.29. The van der Waals surface area contributed by atoms with E-state index in [1.54, 1.807) is 19.4 Å². The third-order valence-corrected chi connectivity index (χ3v) is 2.29. The molecule has 6 nitrogen and oxygen atoms in total. The molecular formula is C10H14N4O2. The molecule has 16 heavy (non-hydrogen) atoms. The average Bonchev–Trinajstić information content (AvgIpc) is 2.83. The summed E-state index contributed by atoms with van der Waals surface area (Å²) in [5, 5.41) is 13.0. The molecule has 0 bridgehead atoms. The van der Waals surface area contributed by atoms with Gasteiger partial charge in [0.25, 0.3) is 0 Å². The highest BCUT2D eigenvalue weighted by atomic mass is 16.5. The van der Waals surface area contributed by atoms with E-state index in [-0.39, 0.29) is 6.10 Å². The summed E-state index contributed by atoms with van der Waals surface area (Å²) in [4.78, 5) is 8.22. The van der Waals surface area contributed by atoms with Gasteiger partial charge in [-0.15, -0.1) is 0 Å². The zero-order chi connectivity index (χ0) is 11.5. The second-order valence-electron chi connectivity index (χ2n) is 3.79. The fourth-order valence-corrected chi connectivity index (χ4v) is 1.37. The lowest BCUT2D eigenvalue weighted by atomic mass is 10.2. The smallest absolute Gasteiger partial charge is 0.227 e. The molecule has 2 aromatic rings. The third kappa shape index (κ3) is 2.27. The van der Waals surface area contributed by atoms with Crippen molar-refractivity contribution >= 4 is 0 Å². The van der Waals surface area contributed by atoms with Crippen molar-refractivity contribution in [2.45, 2.75) is 25.9 Å². The molecule has 6 heteroatoms. The first-order valence-corrected chi connectivity index (χ1v) is 5.14. The van der Waals surface area contributed by atoms with Crippen LogP contribution in [0.5, 0.6) is 0 Å². The number of imidazole rings is 1. The lowest BCUT2D eigenvalue weighted by Gasteiger charge is -1.98. The molecule has 0 radical (unpaired) electrons. The van der Waals surface area contributed by atoms with Crippen LogP contribution in [-0.4, -0.2) is 30.9 Å². The van der Waals surface area contributed by atoms with Crippen LogP contribution in [0.4, 0.5) is 0 Å². The number of aliphatic hydroxyl groups excluding tert-OH is 1. The summed E-state index contributed by atoms with van der Waals surface area (Å²) in [7, 11) is 1.87. The molecule has 1 unspecified atom stereocenters. The van der Waals surface area contributed by atoms with Crippen molar-refractivity contribution in [3.63, 3.8) is 0 Å². The molecule has 1 N–H and O–H groups in total. The highest BCUT2D eigenvalue weighted by Crippen LogP contribution is 2.14. The van der Waals surface area contributed by atoms with E-state index in [0.29, 0.717) is 24.6 Å². The summed E-state index contributed by atoms with van der Waals surface area (Å²) in [6.07, 6.45) is 4.21. The van der Waals surface area contributed by atoms with Crippen LogP contribution in [0.15, 0.2) is 17.0 Å². The summed E-state index contributed by atoms with van der Waals surface area (Å²) >= 11 is 0. The van der Waals surface area contributed by atoms with E-state index in [9.17, 15) is 0 Å². The minimum Gasteiger partial charge on any atom is -0.393 e. The van der Waals surface area contributed by atoms with Gasteiger partial charge in [0.15, 0.2) is 0 Å². The number of aromatic nitrogens is 4. The Hall–Kier alpha value is -1.69. The lowest BCUT2D eigenvalue weighted by Crippen LogP contribution is -2.01. The summed E-state index contributed by atoms with van der Waals surface area (Å²) in [5.74, 6) is 1.07. The van der Waals surface area contributed by atoms with Gasteiger partial charge in [-0.25, -0.2) is 4.98 Å². The largest absolute Gasteiger partial charge is 0.393 e. The highest BCUT2D eigenvalue weighted by molar-refractivity contribution is 5.46. The highest BCUT2D eigenvalue weighted by Gasteiger charge is 2.11. The van der Waals surface area contributed by atoms with Crippen molar-refractivity contribution in [2.75, 3.05) is 0 Å². The monoisotopic (exact) mass is 222 g/mol. The van der Waals surface area contributed by atoms with E-state index in [0.717, 1.165) is 5.69 Å². The molecule has 0 aliphatic heterocycles. The molecular weight excluding hydrogens is 208 g/mol. The molecule has 2 heterocycles. The number of hydrogen-bond acceptors (Lipinski definition) is 5. The van der Waals surface area contributed by atoms with Gasteiger partial charge < -0.3 is 14.2 Å². The fourth-order valence-electron chi connectivity index (χ4n) is 1.37. The Morgan fingerprint density at radius 2 is 2.38 bits per heavy atom. The van der Waals surface area contributed by atoms with Crippen LogP contribution in [0.2, 0.25) is 0 Å². The second kappa shape index (κ2) is 4.44. The average molecular weight is 222 g/mol. The molecule has 0 spiro atoms. The lowest BCUT2D eigenvalue weighted by molar-refractivity contribution is 0.180. The van der Waals surface area contributed by atoms with Crippen LogP contribution in [-0.2, 0) is 13.5 Å². The van der Waals surface area contributed by atoms with Gasteiger partial charge in [0, 0.05) is 13.5 Å². The Morgan fingerprint density at radius 1 is 1.56 bits per heavy atom. The van der Waals surface area contributed by atoms with E-state index in [2.05, 4.69) is 15.1 Å². The first-order valence-electron chi connectivity index (χ1n) is 5.14. The van der Waals surface area contributed by atoms with E-state index in [4.69, 9.17) is 9.63 Å². The van der Waals surface area contributed by atoms with Crippen LogP contribution in [0, 0.1) is 0 Å². The van der Waals surface area contributed by atoms with Gasteiger partial charge in [-0.05, 0) is 13.3 Å². The molecule has 86 valence electrons. The standard InChI is InChI=1S/C10H14N4O2/c1-7(15)3-4-9-12-10(13-16-9)8-5-11-6-14(8)2/h5-7,15H,3-4H2,1-2H3. The minimum atomic E-state index is -0.355. The van der Waals surface area contributed by atoms with Gasteiger partial charge in [-0.2, -0.15) is 4.98 Å². The number of nitrogens with zero attached hydrogens (tertiary/aromatic N) is 4. The molecule has 0 saturated carbocycles. The maximum absolute atomic E-state index is 9.14. The van der Waals surface area contributed by atoms with Crippen LogP contribution in [0.25, 0.3) is 11.5 Å². The normalized spacial score (nSPS) is 12.9. The summed E-state index contributed by atoms with van der Waals surface area (Å²) in [6, 6.07) is 0. The molecule has 0 aromatic carbocycles. The molecule has 0 saturated heterocycles. The zero-order valence-corrected chi connectivity index (χ0v) is 9.29. The number of hydrogen-bond donors (Lipinski definition) is 1. The van der Waals surface area contributed by atoms with Crippen molar-refractivity contribution in [2.24, 2.45) is 7.05 Å². The number of rotatable bonds is 4. The topological polar surface area (TPSA) is 77.0 Å². The first kappa shape index (κ1) is 10.8. The van der Waals surface area contributed by atoms with Crippen LogP contribution in [0.3, 0.4) is 0 Å². The Bertz CT molecular complexity index is 461. The van der Waals surface area contributed by atoms with E-state index < -0.39 is 0 Å². The number of aryl methyl sites for hydroxylation is 2. The molecule has 1 atom stereocenters. The molecule has 0 aliphatic carbocycles. The Morgan fingerprint density at radius 3 is 3.00 bits per heavy atom. The molecule has 2 rings (SSSR count). The maximum Gasteiger partial charge on any atom is 0.227 e. The number of aliphatic hydroxyl groups is 1. The van der Waals surface area contributed by atoms with Gasteiger partial charge in [0.1, 0.15) is 5.69 Å². The van der Waals surface area contributed by atoms with E-state index in [1.165, 1.54) is 0 Å². The Kier molecular flexibility index (Phi) is 3.00. The van der Waals surface area contributed by atoms with Gasteiger partial charge >= 0.3 is 0 Å². The van der Waals surface area contributed by atoms with Crippen LogP contribution in [0.1, 0.15) is 19.2 Å². The van der Waals surface area contributed by atoms with E-state index >= 15 is 0 Å². The van der Waals surface area contributed by atoms with Crippen molar-refractivity contribution in [3.05, 3.63) is 18.4 Å². The first-order chi connectivity index (χ1) is 7.66. The fraction of sp³-hybridized carbons (Fsp3) is 0.500. The van der Waals surface area contributed by atoms with E-state index in [1.807, 2.05) is 11.6 Å².